The van der Waals surface area contributed by atoms with Crippen LogP contribution in [0, 0.1) is 20.8 Å². The molecule has 0 saturated heterocycles. The fraction of sp³-hybridized carbons (Fsp3) is 0.192. The Labute approximate surface area is 181 Å². The van der Waals surface area contributed by atoms with E-state index in [4.69, 9.17) is 16.0 Å². The van der Waals surface area contributed by atoms with Crippen LogP contribution in [0.1, 0.15) is 35.2 Å². The van der Waals surface area contributed by atoms with E-state index in [0.29, 0.717) is 27.3 Å². The third-order valence-corrected chi connectivity index (χ3v) is 5.69. The molecule has 0 aliphatic heterocycles. The molecule has 1 atom stereocenters. The second-order valence-electron chi connectivity index (χ2n) is 7.81. The quantitative estimate of drug-likeness (QED) is 0.381. The Bertz CT molecular complexity index is 1290. The first-order valence-electron chi connectivity index (χ1n) is 10.0. The molecule has 0 aliphatic rings. The number of rotatable bonds is 4. The second kappa shape index (κ2) is 8.00. The molecule has 4 aromatic rings. The van der Waals surface area contributed by atoms with Gasteiger partial charge in [-0.15, -0.1) is 0 Å². The molecule has 3 nitrogen and oxygen atoms in total. The van der Waals surface area contributed by atoms with Crippen LogP contribution in [-0.2, 0) is 0 Å². The predicted molar refractivity (Wildman–Crippen MR) is 126 cm³/mol. The summed E-state index contributed by atoms with van der Waals surface area (Å²) >= 11 is 6.10. The standard InChI is InChI=1S/C26H24ClNO2/c1-15-12-21(18(4)28-23-11-10-20(27)14-16(23)2)26-22(13-15)24(29)17(3)25(30-26)19-8-6-5-7-9-19/h5-14,18,28H,1-4H3/t18-/m1/s1. The van der Waals surface area contributed by atoms with Crippen molar-refractivity contribution < 1.29 is 4.42 Å². The van der Waals surface area contributed by atoms with Crippen molar-refractivity contribution in [1.29, 1.82) is 0 Å². The molecule has 4 heteroatoms. The lowest BCUT2D eigenvalue weighted by atomic mass is 9.98. The van der Waals surface area contributed by atoms with Crippen molar-refractivity contribution in [3.63, 3.8) is 0 Å². The Morgan fingerprint density at radius 3 is 2.40 bits per heavy atom. The van der Waals surface area contributed by atoms with Crippen LogP contribution in [0.2, 0.25) is 5.02 Å². The van der Waals surface area contributed by atoms with E-state index in [-0.39, 0.29) is 11.5 Å². The van der Waals surface area contributed by atoms with E-state index in [2.05, 4.69) is 18.3 Å². The van der Waals surface area contributed by atoms with Gasteiger partial charge in [0.2, 0.25) is 0 Å². The monoisotopic (exact) mass is 417 g/mol. The summed E-state index contributed by atoms with van der Waals surface area (Å²) in [6.45, 7) is 7.92. The molecule has 0 aliphatic carbocycles. The second-order valence-corrected chi connectivity index (χ2v) is 8.24. The van der Waals surface area contributed by atoms with Crippen LogP contribution in [-0.4, -0.2) is 0 Å². The fourth-order valence-electron chi connectivity index (χ4n) is 3.85. The molecule has 0 fully saturated rings. The molecule has 1 aromatic heterocycles. The van der Waals surface area contributed by atoms with E-state index in [1.807, 2.05) is 75.4 Å². The maximum atomic E-state index is 13.2. The number of hydrogen-bond donors (Lipinski definition) is 1. The summed E-state index contributed by atoms with van der Waals surface area (Å²) < 4.78 is 6.39. The van der Waals surface area contributed by atoms with Gasteiger partial charge < -0.3 is 9.73 Å². The van der Waals surface area contributed by atoms with Crippen molar-refractivity contribution in [1.82, 2.24) is 0 Å². The molecule has 0 saturated carbocycles. The van der Waals surface area contributed by atoms with Crippen LogP contribution in [0.4, 0.5) is 5.69 Å². The summed E-state index contributed by atoms with van der Waals surface area (Å²) in [5, 5.41) is 4.87. The van der Waals surface area contributed by atoms with Gasteiger partial charge in [-0.1, -0.05) is 48.0 Å². The largest absolute Gasteiger partial charge is 0.455 e. The summed E-state index contributed by atoms with van der Waals surface area (Å²) in [7, 11) is 0. The van der Waals surface area contributed by atoms with Crippen LogP contribution in [0.15, 0.2) is 69.9 Å². The summed E-state index contributed by atoms with van der Waals surface area (Å²) in [6.07, 6.45) is 0. The molecule has 152 valence electrons. The fourth-order valence-corrected chi connectivity index (χ4v) is 4.08. The number of nitrogens with one attached hydrogen (secondary N) is 1. The van der Waals surface area contributed by atoms with Gasteiger partial charge in [0.05, 0.1) is 11.4 Å². The summed E-state index contributed by atoms with van der Waals surface area (Å²) in [4.78, 5) is 13.2. The molecule has 0 amide bonds. The van der Waals surface area contributed by atoms with Gasteiger partial charge in [-0.05, 0) is 63.1 Å². The highest BCUT2D eigenvalue weighted by Crippen LogP contribution is 2.32. The summed E-state index contributed by atoms with van der Waals surface area (Å²) in [5.74, 6) is 0.619. The minimum atomic E-state index is -0.0678. The molecule has 1 heterocycles. The average molecular weight is 418 g/mol. The number of aryl methyl sites for hydroxylation is 2. The van der Waals surface area contributed by atoms with Crippen molar-refractivity contribution in [2.75, 3.05) is 5.32 Å². The molecule has 3 aromatic carbocycles. The molecule has 0 unspecified atom stereocenters. The van der Waals surface area contributed by atoms with Crippen molar-refractivity contribution >= 4 is 28.3 Å². The number of anilines is 1. The van der Waals surface area contributed by atoms with Gasteiger partial charge in [0.1, 0.15) is 11.3 Å². The minimum Gasteiger partial charge on any atom is -0.455 e. The zero-order valence-corrected chi connectivity index (χ0v) is 18.3. The lowest BCUT2D eigenvalue weighted by Gasteiger charge is -2.20. The van der Waals surface area contributed by atoms with Crippen molar-refractivity contribution in [2.24, 2.45) is 0 Å². The lowest BCUT2D eigenvalue weighted by Crippen LogP contribution is -2.12. The smallest absolute Gasteiger partial charge is 0.196 e. The van der Waals surface area contributed by atoms with Crippen molar-refractivity contribution in [2.45, 2.75) is 33.7 Å². The zero-order chi connectivity index (χ0) is 21.4. The first-order chi connectivity index (χ1) is 14.3. The molecular formula is C26H24ClNO2. The molecular weight excluding hydrogens is 394 g/mol. The Balaban J connectivity index is 1.89. The highest BCUT2D eigenvalue weighted by molar-refractivity contribution is 6.30. The minimum absolute atomic E-state index is 0.00919. The normalized spacial score (nSPS) is 12.2. The maximum absolute atomic E-state index is 13.2. The Hall–Kier alpha value is -3.04. The first kappa shape index (κ1) is 20.2. The van der Waals surface area contributed by atoms with E-state index in [9.17, 15) is 4.79 Å². The van der Waals surface area contributed by atoms with Gasteiger partial charge in [-0.25, -0.2) is 0 Å². The molecule has 0 bridgehead atoms. The predicted octanol–water partition coefficient (Wildman–Crippen LogP) is 7.21. The molecule has 1 N–H and O–H groups in total. The van der Waals surface area contributed by atoms with Crippen LogP contribution < -0.4 is 10.7 Å². The maximum Gasteiger partial charge on any atom is 0.196 e. The van der Waals surface area contributed by atoms with Gasteiger partial charge in [-0.3, -0.25) is 4.79 Å². The van der Waals surface area contributed by atoms with Crippen molar-refractivity contribution in [3.05, 3.63) is 98.2 Å². The third kappa shape index (κ3) is 3.73. The van der Waals surface area contributed by atoms with E-state index in [1.165, 1.54) is 0 Å². The SMILES string of the molecule is Cc1cc([C@@H](C)Nc2ccc(Cl)cc2C)c2oc(-c3ccccc3)c(C)c(=O)c2c1. The number of fused-ring (bicyclic) bond motifs is 1. The Morgan fingerprint density at radius 1 is 0.967 bits per heavy atom. The van der Waals surface area contributed by atoms with Crippen molar-refractivity contribution in [3.8, 4) is 11.3 Å². The highest BCUT2D eigenvalue weighted by atomic mass is 35.5. The van der Waals surface area contributed by atoms with E-state index in [0.717, 1.165) is 27.9 Å². The first-order valence-corrected chi connectivity index (χ1v) is 10.4. The van der Waals surface area contributed by atoms with E-state index < -0.39 is 0 Å². The summed E-state index contributed by atoms with van der Waals surface area (Å²) in [5.41, 5.74) is 6.20. The van der Waals surface area contributed by atoms with Gasteiger partial charge >= 0.3 is 0 Å². The molecule has 0 radical (unpaired) electrons. The zero-order valence-electron chi connectivity index (χ0n) is 17.5. The van der Waals surface area contributed by atoms with Gasteiger partial charge in [0.25, 0.3) is 0 Å². The van der Waals surface area contributed by atoms with E-state index >= 15 is 0 Å². The van der Waals surface area contributed by atoms with Crippen LogP contribution >= 0.6 is 11.6 Å². The van der Waals surface area contributed by atoms with Crippen LogP contribution in [0.5, 0.6) is 0 Å². The lowest BCUT2D eigenvalue weighted by molar-refractivity contribution is 0.605. The Kier molecular flexibility index (Phi) is 5.40. The average Bonchev–Trinajstić information content (AvgIpc) is 2.73. The number of halogens is 1. The van der Waals surface area contributed by atoms with Gasteiger partial charge in [-0.2, -0.15) is 0 Å². The third-order valence-electron chi connectivity index (χ3n) is 5.45. The van der Waals surface area contributed by atoms with Gasteiger partial charge in [0, 0.05) is 27.4 Å². The van der Waals surface area contributed by atoms with E-state index in [1.54, 1.807) is 0 Å². The van der Waals surface area contributed by atoms with Gasteiger partial charge in [0.15, 0.2) is 5.43 Å². The summed E-state index contributed by atoms with van der Waals surface area (Å²) in [6, 6.07) is 19.5. The highest BCUT2D eigenvalue weighted by Gasteiger charge is 2.19. The van der Waals surface area contributed by atoms with Crippen LogP contribution in [0.3, 0.4) is 0 Å². The number of hydrogen-bond acceptors (Lipinski definition) is 3. The molecule has 0 spiro atoms. The molecule has 30 heavy (non-hydrogen) atoms. The topological polar surface area (TPSA) is 42.2 Å². The van der Waals surface area contributed by atoms with Crippen LogP contribution in [0.25, 0.3) is 22.3 Å². The number of benzene rings is 3. The molecule has 4 rings (SSSR count). The Morgan fingerprint density at radius 2 is 1.70 bits per heavy atom.